The molecule has 124 valence electrons. The van der Waals surface area contributed by atoms with Crippen LogP contribution in [0.1, 0.15) is 5.69 Å². The first kappa shape index (κ1) is 16.6. The third kappa shape index (κ3) is 4.40. The third-order valence-corrected chi connectivity index (χ3v) is 3.83. The van der Waals surface area contributed by atoms with E-state index in [1.165, 1.54) is 0 Å². The SMILES string of the molecule is O=C(COc1ccc(Cl)cc1)NCCc1cn2cc(Cl)ccc2n1. The molecule has 0 spiro atoms. The van der Waals surface area contributed by atoms with Crippen molar-refractivity contribution in [1.29, 1.82) is 0 Å². The first-order valence-corrected chi connectivity index (χ1v) is 8.14. The number of carbonyl (C=O) groups is 1. The minimum Gasteiger partial charge on any atom is -0.484 e. The Morgan fingerprint density at radius 1 is 1.08 bits per heavy atom. The maximum atomic E-state index is 11.8. The minimum absolute atomic E-state index is 0.0393. The molecule has 0 aliphatic carbocycles. The van der Waals surface area contributed by atoms with E-state index in [1.807, 2.05) is 16.7 Å². The molecule has 0 aliphatic rings. The second-order valence-corrected chi connectivity index (χ2v) is 6.06. The monoisotopic (exact) mass is 363 g/mol. The lowest BCUT2D eigenvalue weighted by Gasteiger charge is -2.06. The second-order valence-electron chi connectivity index (χ2n) is 5.19. The van der Waals surface area contributed by atoms with Gasteiger partial charge in [0, 0.05) is 30.4 Å². The van der Waals surface area contributed by atoms with Crippen molar-refractivity contribution in [2.45, 2.75) is 6.42 Å². The van der Waals surface area contributed by atoms with Crippen LogP contribution in [0.15, 0.2) is 48.8 Å². The molecule has 5 nitrogen and oxygen atoms in total. The predicted octanol–water partition coefficient (Wildman–Crippen LogP) is 3.38. The number of imidazole rings is 1. The standard InChI is InChI=1S/C17H15Cl2N3O2/c18-12-1-4-15(5-2-12)24-11-17(23)20-8-7-14-10-22-9-13(19)3-6-16(22)21-14/h1-6,9-10H,7-8,11H2,(H,20,23). The molecule has 0 bridgehead atoms. The highest BCUT2D eigenvalue weighted by molar-refractivity contribution is 6.30. The maximum Gasteiger partial charge on any atom is 0.257 e. The number of hydrogen-bond donors (Lipinski definition) is 1. The number of hydrogen-bond acceptors (Lipinski definition) is 3. The van der Waals surface area contributed by atoms with Gasteiger partial charge >= 0.3 is 0 Å². The molecule has 0 radical (unpaired) electrons. The molecule has 2 aromatic heterocycles. The lowest BCUT2D eigenvalue weighted by molar-refractivity contribution is -0.123. The van der Waals surface area contributed by atoms with E-state index < -0.39 is 0 Å². The molecule has 0 atom stereocenters. The van der Waals surface area contributed by atoms with E-state index in [0.717, 1.165) is 11.3 Å². The van der Waals surface area contributed by atoms with Gasteiger partial charge in [-0.15, -0.1) is 0 Å². The van der Waals surface area contributed by atoms with Gasteiger partial charge in [0.15, 0.2) is 6.61 Å². The number of rotatable bonds is 6. The summed E-state index contributed by atoms with van der Waals surface area (Å²) in [6.45, 7) is 0.447. The van der Waals surface area contributed by atoms with E-state index in [-0.39, 0.29) is 12.5 Å². The average molecular weight is 364 g/mol. The number of halogens is 2. The Labute approximate surface area is 149 Å². The van der Waals surface area contributed by atoms with Crippen molar-refractivity contribution in [2.24, 2.45) is 0 Å². The number of ether oxygens (including phenoxy) is 1. The van der Waals surface area contributed by atoms with E-state index in [4.69, 9.17) is 27.9 Å². The summed E-state index contributed by atoms with van der Waals surface area (Å²) >= 11 is 11.7. The Morgan fingerprint density at radius 3 is 2.62 bits per heavy atom. The quantitative estimate of drug-likeness (QED) is 0.730. The van der Waals surface area contributed by atoms with Gasteiger partial charge in [-0.2, -0.15) is 0 Å². The zero-order chi connectivity index (χ0) is 16.9. The van der Waals surface area contributed by atoms with E-state index >= 15 is 0 Å². The third-order valence-electron chi connectivity index (χ3n) is 3.35. The summed E-state index contributed by atoms with van der Waals surface area (Å²) in [5.41, 5.74) is 1.71. The van der Waals surface area contributed by atoms with Crippen LogP contribution in [0.2, 0.25) is 10.0 Å². The largest absolute Gasteiger partial charge is 0.484 e. The molecule has 3 aromatic rings. The van der Waals surface area contributed by atoms with Crippen LogP contribution >= 0.6 is 23.2 Å². The Bertz CT molecular complexity index is 847. The summed E-state index contributed by atoms with van der Waals surface area (Å²) in [6.07, 6.45) is 4.33. The molecule has 0 saturated carbocycles. The summed E-state index contributed by atoms with van der Waals surface area (Å²) in [5, 5.41) is 4.08. The number of benzene rings is 1. The van der Waals surface area contributed by atoms with Gasteiger partial charge in [0.05, 0.1) is 10.7 Å². The van der Waals surface area contributed by atoms with Gasteiger partial charge in [-0.05, 0) is 36.4 Å². The van der Waals surface area contributed by atoms with Crippen LogP contribution in [-0.4, -0.2) is 28.4 Å². The molecule has 0 aliphatic heterocycles. The number of carbonyl (C=O) groups excluding carboxylic acids is 1. The Morgan fingerprint density at radius 2 is 1.83 bits per heavy atom. The van der Waals surface area contributed by atoms with E-state index in [9.17, 15) is 4.79 Å². The molecule has 24 heavy (non-hydrogen) atoms. The Hall–Kier alpha value is -2.24. The van der Waals surface area contributed by atoms with Gasteiger partial charge in [0.1, 0.15) is 11.4 Å². The molecule has 3 rings (SSSR count). The van der Waals surface area contributed by atoms with Crippen molar-refractivity contribution < 1.29 is 9.53 Å². The molecule has 1 N–H and O–H groups in total. The van der Waals surface area contributed by atoms with E-state index in [2.05, 4.69) is 10.3 Å². The van der Waals surface area contributed by atoms with Gasteiger partial charge in [-0.25, -0.2) is 4.98 Å². The fourth-order valence-electron chi connectivity index (χ4n) is 2.20. The molecule has 0 saturated heterocycles. The fraction of sp³-hybridized carbons (Fsp3) is 0.176. The summed E-state index contributed by atoms with van der Waals surface area (Å²) in [7, 11) is 0. The number of nitrogens with zero attached hydrogens (tertiary/aromatic N) is 2. The summed E-state index contributed by atoms with van der Waals surface area (Å²) < 4.78 is 7.25. The Kier molecular flexibility index (Phi) is 5.23. The molecule has 1 amide bonds. The van der Waals surface area contributed by atoms with Crippen LogP contribution in [0.25, 0.3) is 5.65 Å². The van der Waals surface area contributed by atoms with Crippen molar-refractivity contribution in [3.63, 3.8) is 0 Å². The van der Waals surface area contributed by atoms with Crippen molar-refractivity contribution in [2.75, 3.05) is 13.2 Å². The van der Waals surface area contributed by atoms with Crippen molar-refractivity contribution in [3.05, 3.63) is 64.5 Å². The smallest absolute Gasteiger partial charge is 0.257 e. The highest BCUT2D eigenvalue weighted by Gasteiger charge is 2.05. The van der Waals surface area contributed by atoms with Gasteiger partial charge in [-0.1, -0.05) is 23.2 Å². The van der Waals surface area contributed by atoms with E-state index in [0.29, 0.717) is 28.8 Å². The molecule has 0 fully saturated rings. The first-order valence-electron chi connectivity index (χ1n) is 7.38. The van der Waals surface area contributed by atoms with E-state index in [1.54, 1.807) is 36.5 Å². The van der Waals surface area contributed by atoms with Crippen molar-refractivity contribution in [3.8, 4) is 5.75 Å². The van der Waals surface area contributed by atoms with Crippen LogP contribution in [0.4, 0.5) is 0 Å². The summed E-state index contributed by atoms with van der Waals surface area (Å²) in [5.74, 6) is 0.420. The van der Waals surface area contributed by atoms with Crippen LogP contribution in [0, 0.1) is 0 Å². The van der Waals surface area contributed by atoms with Gasteiger partial charge in [0.25, 0.3) is 5.91 Å². The second kappa shape index (κ2) is 7.55. The first-order chi connectivity index (χ1) is 11.6. The van der Waals surface area contributed by atoms with Crippen molar-refractivity contribution in [1.82, 2.24) is 14.7 Å². The number of pyridine rings is 1. The average Bonchev–Trinajstić information content (AvgIpc) is 2.96. The fourth-order valence-corrected chi connectivity index (χ4v) is 2.49. The summed E-state index contributed by atoms with van der Waals surface area (Å²) in [4.78, 5) is 16.2. The number of aromatic nitrogens is 2. The lowest BCUT2D eigenvalue weighted by Crippen LogP contribution is -2.30. The zero-order valence-electron chi connectivity index (χ0n) is 12.7. The zero-order valence-corrected chi connectivity index (χ0v) is 14.2. The molecule has 2 heterocycles. The maximum absolute atomic E-state index is 11.8. The molecule has 0 unspecified atom stereocenters. The van der Waals surface area contributed by atoms with Gasteiger partial charge < -0.3 is 14.5 Å². The Balaban J connectivity index is 1.44. The molecule has 7 heteroatoms. The predicted molar refractivity (Wildman–Crippen MR) is 93.9 cm³/mol. The number of amides is 1. The van der Waals surface area contributed by atoms with Crippen LogP contribution in [0.5, 0.6) is 5.75 Å². The topological polar surface area (TPSA) is 55.6 Å². The van der Waals surface area contributed by atoms with Gasteiger partial charge in [-0.3, -0.25) is 4.79 Å². The van der Waals surface area contributed by atoms with Crippen LogP contribution < -0.4 is 10.1 Å². The van der Waals surface area contributed by atoms with Crippen LogP contribution in [0.3, 0.4) is 0 Å². The van der Waals surface area contributed by atoms with Crippen LogP contribution in [-0.2, 0) is 11.2 Å². The normalized spacial score (nSPS) is 10.8. The molecule has 1 aromatic carbocycles. The van der Waals surface area contributed by atoms with Crippen molar-refractivity contribution >= 4 is 34.8 Å². The number of fused-ring (bicyclic) bond motifs is 1. The minimum atomic E-state index is -0.184. The van der Waals surface area contributed by atoms with Gasteiger partial charge in [0.2, 0.25) is 0 Å². The molecular formula is C17H15Cl2N3O2. The summed E-state index contributed by atoms with van der Waals surface area (Å²) in [6, 6.07) is 10.5. The number of nitrogens with one attached hydrogen (secondary N) is 1. The highest BCUT2D eigenvalue weighted by atomic mass is 35.5. The lowest BCUT2D eigenvalue weighted by atomic mass is 10.3. The highest BCUT2D eigenvalue weighted by Crippen LogP contribution is 2.15. The molecular weight excluding hydrogens is 349 g/mol.